The van der Waals surface area contributed by atoms with Crippen LogP contribution in [0.15, 0.2) is 34.9 Å². The summed E-state index contributed by atoms with van der Waals surface area (Å²) in [6.07, 6.45) is 3.23. The number of nitrogens with two attached hydrogens (primary N) is 1. The van der Waals surface area contributed by atoms with Crippen LogP contribution in [0.25, 0.3) is 11.0 Å². The van der Waals surface area contributed by atoms with Gasteiger partial charge >= 0.3 is 0 Å². The van der Waals surface area contributed by atoms with E-state index in [1.165, 1.54) is 6.26 Å². The van der Waals surface area contributed by atoms with E-state index in [1.54, 1.807) is 6.26 Å². The van der Waals surface area contributed by atoms with Crippen LogP contribution in [-0.2, 0) is 9.84 Å². The molecule has 17 heavy (non-hydrogen) atoms. The van der Waals surface area contributed by atoms with Crippen LogP contribution >= 0.6 is 0 Å². The zero-order valence-electron chi connectivity index (χ0n) is 9.59. The van der Waals surface area contributed by atoms with Gasteiger partial charge in [0.05, 0.1) is 12.0 Å². The average Bonchev–Trinajstić information content (AvgIpc) is 2.68. The highest BCUT2D eigenvalue weighted by Crippen LogP contribution is 2.26. The fraction of sp³-hybridized carbons (Fsp3) is 0.333. The first-order chi connectivity index (χ1) is 7.97. The Kier molecular flexibility index (Phi) is 3.22. The van der Waals surface area contributed by atoms with Gasteiger partial charge in [-0.15, -0.1) is 0 Å². The lowest BCUT2D eigenvalue weighted by Crippen LogP contribution is -2.15. The van der Waals surface area contributed by atoms with Crippen LogP contribution in [0.2, 0.25) is 0 Å². The summed E-state index contributed by atoms with van der Waals surface area (Å²) >= 11 is 0. The number of para-hydroxylation sites is 1. The largest absolute Gasteiger partial charge is 0.464 e. The molecule has 4 nitrogen and oxygen atoms in total. The molecule has 2 N–H and O–H groups in total. The van der Waals surface area contributed by atoms with E-state index in [1.807, 2.05) is 24.3 Å². The van der Waals surface area contributed by atoms with Crippen LogP contribution in [0, 0.1) is 0 Å². The summed E-state index contributed by atoms with van der Waals surface area (Å²) in [5, 5.41) is 0.952. The van der Waals surface area contributed by atoms with Gasteiger partial charge in [-0.2, -0.15) is 0 Å². The van der Waals surface area contributed by atoms with Crippen molar-refractivity contribution in [3.05, 3.63) is 36.1 Å². The number of furan rings is 1. The van der Waals surface area contributed by atoms with Crippen molar-refractivity contribution in [3.63, 3.8) is 0 Å². The minimum absolute atomic E-state index is 0.0909. The van der Waals surface area contributed by atoms with E-state index in [0.717, 1.165) is 16.5 Å². The fourth-order valence-corrected chi connectivity index (χ4v) is 2.46. The Labute approximate surface area is 100 Å². The molecule has 0 bridgehead atoms. The third-order valence-corrected chi connectivity index (χ3v) is 3.69. The highest BCUT2D eigenvalue weighted by molar-refractivity contribution is 7.90. The predicted molar refractivity (Wildman–Crippen MR) is 67.5 cm³/mol. The van der Waals surface area contributed by atoms with E-state index >= 15 is 0 Å². The van der Waals surface area contributed by atoms with Gasteiger partial charge in [0.2, 0.25) is 0 Å². The van der Waals surface area contributed by atoms with E-state index in [2.05, 4.69) is 0 Å². The molecule has 0 aliphatic heterocycles. The zero-order chi connectivity index (χ0) is 12.5. The van der Waals surface area contributed by atoms with Crippen molar-refractivity contribution in [3.8, 4) is 0 Å². The van der Waals surface area contributed by atoms with Crippen LogP contribution in [0.5, 0.6) is 0 Å². The van der Waals surface area contributed by atoms with E-state index in [4.69, 9.17) is 10.2 Å². The Morgan fingerprint density at radius 2 is 2.06 bits per heavy atom. The van der Waals surface area contributed by atoms with Gasteiger partial charge in [-0.25, -0.2) is 8.42 Å². The van der Waals surface area contributed by atoms with Crippen LogP contribution in [-0.4, -0.2) is 20.4 Å². The topological polar surface area (TPSA) is 73.3 Å². The molecule has 1 aromatic carbocycles. The van der Waals surface area contributed by atoms with Gasteiger partial charge in [0, 0.05) is 23.2 Å². The van der Waals surface area contributed by atoms with Crippen molar-refractivity contribution in [2.45, 2.75) is 12.5 Å². The average molecular weight is 253 g/mol. The summed E-state index contributed by atoms with van der Waals surface area (Å²) in [6, 6.07) is 7.27. The van der Waals surface area contributed by atoms with Crippen molar-refractivity contribution >= 4 is 20.8 Å². The molecule has 0 aliphatic rings. The van der Waals surface area contributed by atoms with Crippen LogP contribution < -0.4 is 5.73 Å². The first-order valence-electron chi connectivity index (χ1n) is 5.37. The molecular formula is C12H15NO3S. The van der Waals surface area contributed by atoms with Crippen molar-refractivity contribution in [2.75, 3.05) is 12.0 Å². The Balaban J connectivity index is 2.22. The Hall–Kier alpha value is -1.33. The van der Waals surface area contributed by atoms with Crippen molar-refractivity contribution in [1.82, 2.24) is 0 Å². The van der Waals surface area contributed by atoms with Crippen LogP contribution in [0.3, 0.4) is 0 Å². The molecule has 1 unspecified atom stereocenters. The molecule has 92 valence electrons. The summed E-state index contributed by atoms with van der Waals surface area (Å²) in [5.74, 6) is 0.0909. The molecule has 1 heterocycles. The fourth-order valence-electron chi connectivity index (χ4n) is 1.78. The number of hydrogen-bond donors (Lipinski definition) is 1. The Bertz CT molecular complexity index is 615. The SMILES string of the molecule is CS(=O)(=O)CCC(N)c1coc2ccccc12. The second kappa shape index (κ2) is 4.50. The Morgan fingerprint density at radius 3 is 2.76 bits per heavy atom. The number of sulfone groups is 1. The van der Waals surface area contributed by atoms with Gasteiger partial charge in [0.1, 0.15) is 15.4 Å². The predicted octanol–water partition coefficient (Wildman–Crippen LogP) is 1.87. The first kappa shape index (κ1) is 12.1. The first-order valence-corrected chi connectivity index (χ1v) is 7.43. The second-order valence-electron chi connectivity index (χ2n) is 4.21. The number of rotatable bonds is 4. The summed E-state index contributed by atoms with van der Waals surface area (Å²) in [5.41, 5.74) is 7.63. The smallest absolute Gasteiger partial charge is 0.147 e. The molecule has 0 radical (unpaired) electrons. The summed E-state index contributed by atoms with van der Waals surface area (Å²) in [4.78, 5) is 0. The molecule has 0 aliphatic carbocycles. The van der Waals surface area contributed by atoms with Gasteiger partial charge in [0.25, 0.3) is 0 Å². The van der Waals surface area contributed by atoms with E-state index in [9.17, 15) is 8.42 Å². The van der Waals surface area contributed by atoms with Crippen molar-refractivity contribution < 1.29 is 12.8 Å². The lowest BCUT2D eigenvalue weighted by atomic mass is 10.0. The number of benzene rings is 1. The summed E-state index contributed by atoms with van der Waals surface area (Å²) in [6.45, 7) is 0. The third kappa shape index (κ3) is 2.87. The van der Waals surface area contributed by atoms with E-state index in [0.29, 0.717) is 6.42 Å². The van der Waals surface area contributed by atoms with Gasteiger partial charge in [-0.1, -0.05) is 18.2 Å². The van der Waals surface area contributed by atoms with Crippen LogP contribution in [0.1, 0.15) is 18.0 Å². The minimum Gasteiger partial charge on any atom is -0.464 e. The minimum atomic E-state index is -2.97. The Morgan fingerprint density at radius 1 is 1.35 bits per heavy atom. The maximum atomic E-state index is 11.1. The van der Waals surface area contributed by atoms with E-state index < -0.39 is 9.84 Å². The maximum Gasteiger partial charge on any atom is 0.147 e. The molecule has 0 spiro atoms. The van der Waals surface area contributed by atoms with E-state index in [-0.39, 0.29) is 11.8 Å². The summed E-state index contributed by atoms with van der Waals surface area (Å²) < 4.78 is 27.6. The lowest BCUT2D eigenvalue weighted by Gasteiger charge is -2.08. The highest BCUT2D eigenvalue weighted by Gasteiger charge is 2.15. The molecule has 5 heteroatoms. The molecule has 0 amide bonds. The number of fused-ring (bicyclic) bond motifs is 1. The molecule has 0 saturated heterocycles. The molecule has 0 saturated carbocycles. The molecule has 2 rings (SSSR count). The lowest BCUT2D eigenvalue weighted by molar-refractivity contribution is 0.582. The monoisotopic (exact) mass is 253 g/mol. The van der Waals surface area contributed by atoms with Crippen LogP contribution in [0.4, 0.5) is 0 Å². The zero-order valence-corrected chi connectivity index (χ0v) is 10.4. The van der Waals surface area contributed by atoms with Gasteiger partial charge in [-0.3, -0.25) is 0 Å². The molecular weight excluding hydrogens is 238 g/mol. The van der Waals surface area contributed by atoms with Gasteiger partial charge < -0.3 is 10.2 Å². The normalized spacial score (nSPS) is 14.0. The third-order valence-electron chi connectivity index (χ3n) is 2.71. The van der Waals surface area contributed by atoms with Gasteiger partial charge in [-0.05, 0) is 12.5 Å². The standard InChI is InChI=1S/C12H15NO3S/c1-17(14,15)7-6-11(13)10-8-16-12-5-3-2-4-9(10)12/h2-5,8,11H,6-7,13H2,1H3. The molecule has 2 aromatic rings. The molecule has 0 fully saturated rings. The quantitative estimate of drug-likeness (QED) is 0.902. The number of hydrogen-bond acceptors (Lipinski definition) is 4. The van der Waals surface area contributed by atoms with Gasteiger partial charge in [0.15, 0.2) is 0 Å². The second-order valence-corrected chi connectivity index (χ2v) is 6.47. The van der Waals surface area contributed by atoms with Crippen molar-refractivity contribution in [2.24, 2.45) is 5.73 Å². The highest BCUT2D eigenvalue weighted by atomic mass is 32.2. The maximum absolute atomic E-state index is 11.1. The molecule has 1 atom stereocenters. The summed E-state index contributed by atoms with van der Waals surface area (Å²) in [7, 11) is -2.97. The molecule has 1 aromatic heterocycles. The van der Waals surface area contributed by atoms with Crippen molar-refractivity contribution in [1.29, 1.82) is 0 Å².